The number of β-amino-alcohol motifs (C(OH)–C–C–N with tert-alkyl or cyclic N) is 1. The molecular weight excluding hydrogens is 309 g/mol. The minimum absolute atomic E-state index is 0.0927. The number of nitrogens with one attached hydrogen (secondary N) is 2. The van der Waals surface area contributed by atoms with Crippen LogP contribution < -0.4 is 5.32 Å². The maximum absolute atomic E-state index is 13.7. The Hall–Kier alpha value is -2.18. The highest BCUT2D eigenvalue weighted by Gasteiger charge is 2.24. The molecule has 1 fully saturated rings. The molecule has 1 aromatic heterocycles. The van der Waals surface area contributed by atoms with Gasteiger partial charge >= 0.3 is 0 Å². The second kappa shape index (κ2) is 7.59. The van der Waals surface area contributed by atoms with Crippen LogP contribution in [0.4, 0.5) is 4.39 Å². The standard InChI is InChI=1S/C18H22FN3O2/c19-15-5-2-1-4-14(15)17(23)12-22-10-7-13(8-11-22)21-18(24)16-6-3-9-20-16/h1-6,9,13,17,20,23H,7-8,10-12H2,(H,21,24). The van der Waals surface area contributed by atoms with E-state index in [1.807, 2.05) is 0 Å². The number of aromatic amines is 1. The Morgan fingerprint density at radius 1 is 1.29 bits per heavy atom. The van der Waals surface area contributed by atoms with Crippen LogP contribution in [0.2, 0.25) is 0 Å². The summed E-state index contributed by atoms with van der Waals surface area (Å²) in [4.78, 5) is 17.0. The summed E-state index contributed by atoms with van der Waals surface area (Å²) in [5.74, 6) is -0.470. The van der Waals surface area contributed by atoms with Crippen molar-refractivity contribution in [1.82, 2.24) is 15.2 Å². The molecule has 1 aliphatic rings. The number of H-pyrrole nitrogens is 1. The number of aliphatic hydroxyl groups excluding tert-OH is 1. The SMILES string of the molecule is O=C(NC1CCN(CC(O)c2ccccc2F)CC1)c1ccc[nH]1. The third-order valence-corrected chi connectivity index (χ3v) is 4.46. The number of likely N-dealkylation sites (tertiary alicyclic amines) is 1. The van der Waals surface area contributed by atoms with Crippen LogP contribution in [0.25, 0.3) is 0 Å². The fourth-order valence-electron chi connectivity index (χ4n) is 3.08. The smallest absolute Gasteiger partial charge is 0.267 e. The lowest BCUT2D eigenvalue weighted by atomic mass is 10.0. The molecule has 2 heterocycles. The number of piperidine rings is 1. The molecule has 24 heavy (non-hydrogen) atoms. The van der Waals surface area contributed by atoms with Crippen LogP contribution in [0.5, 0.6) is 0 Å². The quantitative estimate of drug-likeness (QED) is 0.786. The Labute approximate surface area is 140 Å². The van der Waals surface area contributed by atoms with Crippen molar-refractivity contribution in [2.45, 2.75) is 25.0 Å². The van der Waals surface area contributed by atoms with Gasteiger partial charge in [-0.3, -0.25) is 4.79 Å². The van der Waals surface area contributed by atoms with E-state index in [1.54, 1.807) is 36.5 Å². The predicted molar refractivity (Wildman–Crippen MR) is 89.1 cm³/mol. The summed E-state index contributed by atoms with van der Waals surface area (Å²) in [6.07, 6.45) is 2.52. The second-order valence-corrected chi connectivity index (χ2v) is 6.17. The summed E-state index contributed by atoms with van der Waals surface area (Å²) in [5, 5.41) is 13.3. The highest BCUT2D eigenvalue weighted by Crippen LogP contribution is 2.20. The van der Waals surface area contributed by atoms with E-state index in [0.717, 1.165) is 25.9 Å². The van der Waals surface area contributed by atoms with Crippen LogP contribution in [0, 0.1) is 5.82 Å². The summed E-state index contributed by atoms with van der Waals surface area (Å²) >= 11 is 0. The largest absolute Gasteiger partial charge is 0.387 e. The van der Waals surface area contributed by atoms with Gasteiger partial charge in [0.05, 0.1) is 6.10 Å². The zero-order valence-electron chi connectivity index (χ0n) is 13.4. The summed E-state index contributed by atoms with van der Waals surface area (Å²) in [5.41, 5.74) is 0.895. The summed E-state index contributed by atoms with van der Waals surface area (Å²) < 4.78 is 13.7. The lowest BCUT2D eigenvalue weighted by Crippen LogP contribution is -2.45. The molecule has 0 bridgehead atoms. The first kappa shape index (κ1) is 16.7. The summed E-state index contributed by atoms with van der Waals surface area (Å²) in [6.45, 7) is 1.93. The van der Waals surface area contributed by atoms with Gasteiger partial charge in [0, 0.05) is 37.4 Å². The third-order valence-electron chi connectivity index (χ3n) is 4.46. The molecule has 1 aliphatic heterocycles. The number of amides is 1. The summed E-state index contributed by atoms with van der Waals surface area (Å²) in [6, 6.07) is 9.98. The van der Waals surface area contributed by atoms with Gasteiger partial charge in [-0.1, -0.05) is 18.2 Å². The van der Waals surface area contributed by atoms with E-state index in [0.29, 0.717) is 17.8 Å². The zero-order valence-corrected chi connectivity index (χ0v) is 13.4. The summed E-state index contributed by atoms with van der Waals surface area (Å²) in [7, 11) is 0. The van der Waals surface area contributed by atoms with Crippen molar-refractivity contribution in [2.24, 2.45) is 0 Å². The van der Waals surface area contributed by atoms with Gasteiger partial charge in [0.15, 0.2) is 0 Å². The Bertz CT molecular complexity index is 667. The number of rotatable bonds is 5. The average molecular weight is 331 g/mol. The molecule has 2 aromatic rings. The molecule has 0 saturated carbocycles. The van der Waals surface area contributed by atoms with Crippen molar-refractivity contribution in [2.75, 3.05) is 19.6 Å². The van der Waals surface area contributed by atoms with Crippen molar-refractivity contribution in [3.8, 4) is 0 Å². The fraction of sp³-hybridized carbons (Fsp3) is 0.389. The first-order chi connectivity index (χ1) is 11.6. The monoisotopic (exact) mass is 331 g/mol. The van der Waals surface area contributed by atoms with Crippen LogP contribution in [-0.2, 0) is 0 Å². The predicted octanol–water partition coefficient (Wildman–Crippen LogP) is 2.08. The molecule has 0 radical (unpaired) electrons. The minimum atomic E-state index is -0.837. The van der Waals surface area contributed by atoms with Crippen LogP contribution in [-0.4, -0.2) is 46.6 Å². The van der Waals surface area contributed by atoms with Crippen LogP contribution in [0.3, 0.4) is 0 Å². The van der Waals surface area contributed by atoms with E-state index in [1.165, 1.54) is 6.07 Å². The second-order valence-electron chi connectivity index (χ2n) is 6.17. The van der Waals surface area contributed by atoms with E-state index in [-0.39, 0.29) is 17.8 Å². The Kier molecular flexibility index (Phi) is 5.27. The third kappa shape index (κ3) is 4.01. The van der Waals surface area contributed by atoms with Gasteiger partial charge < -0.3 is 20.3 Å². The maximum atomic E-state index is 13.7. The molecule has 1 unspecified atom stereocenters. The molecule has 3 N–H and O–H groups in total. The van der Waals surface area contributed by atoms with Gasteiger partial charge in [0.25, 0.3) is 5.91 Å². The van der Waals surface area contributed by atoms with Gasteiger partial charge in [-0.05, 0) is 31.0 Å². The van der Waals surface area contributed by atoms with Gasteiger partial charge in [-0.2, -0.15) is 0 Å². The van der Waals surface area contributed by atoms with Crippen molar-refractivity contribution in [3.05, 3.63) is 59.7 Å². The first-order valence-electron chi connectivity index (χ1n) is 8.22. The van der Waals surface area contributed by atoms with Crippen molar-refractivity contribution >= 4 is 5.91 Å². The molecule has 6 heteroatoms. The van der Waals surface area contributed by atoms with Gasteiger partial charge in [0.1, 0.15) is 11.5 Å². The van der Waals surface area contributed by atoms with Gasteiger partial charge in [-0.25, -0.2) is 4.39 Å². The minimum Gasteiger partial charge on any atom is -0.387 e. The number of benzene rings is 1. The normalized spacial score (nSPS) is 17.6. The molecule has 3 rings (SSSR count). The molecule has 5 nitrogen and oxygen atoms in total. The van der Waals surface area contributed by atoms with E-state index in [9.17, 15) is 14.3 Å². The molecule has 1 amide bonds. The Morgan fingerprint density at radius 2 is 2.04 bits per heavy atom. The molecule has 1 saturated heterocycles. The topological polar surface area (TPSA) is 68.4 Å². The number of hydrogen-bond acceptors (Lipinski definition) is 3. The van der Waals surface area contributed by atoms with E-state index >= 15 is 0 Å². The molecule has 0 aliphatic carbocycles. The van der Waals surface area contributed by atoms with E-state index < -0.39 is 6.10 Å². The van der Waals surface area contributed by atoms with Crippen molar-refractivity contribution < 1.29 is 14.3 Å². The van der Waals surface area contributed by atoms with Crippen molar-refractivity contribution in [1.29, 1.82) is 0 Å². The number of aliphatic hydroxyl groups is 1. The van der Waals surface area contributed by atoms with E-state index in [2.05, 4.69) is 15.2 Å². The first-order valence-corrected chi connectivity index (χ1v) is 8.22. The highest BCUT2D eigenvalue weighted by atomic mass is 19.1. The van der Waals surface area contributed by atoms with Gasteiger partial charge in [-0.15, -0.1) is 0 Å². The molecule has 1 atom stereocenters. The Balaban J connectivity index is 1.47. The molecule has 128 valence electrons. The fourth-order valence-corrected chi connectivity index (χ4v) is 3.08. The number of hydrogen-bond donors (Lipinski definition) is 3. The molecular formula is C18H22FN3O2. The number of carbonyl (C=O) groups excluding carboxylic acids is 1. The van der Waals surface area contributed by atoms with E-state index in [4.69, 9.17) is 0 Å². The van der Waals surface area contributed by atoms with Crippen LogP contribution in [0.15, 0.2) is 42.6 Å². The lowest BCUT2D eigenvalue weighted by molar-refractivity contribution is 0.0815. The Morgan fingerprint density at radius 3 is 2.71 bits per heavy atom. The number of halogens is 1. The molecule has 1 aromatic carbocycles. The maximum Gasteiger partial charge on any atom is 0.267 e. The number of nitrogens with zero attached hydrogens (tertiary/aromatic N) is 1. The van der Waals surface area contributed by atoms with Crippen molar-refractivity contribution in [3.63, 3.8) is 0 Å². The average Bonchev–Trinajstić information content (AvgIpc) is 3.11. The zero-order chi connectivity index (χ0) is 16.9. The van der Waals surface area contributed by atoms with Crippen LogP contribution in [0.1, 0.15) is 35.0 Å². The molecule has 0 spiro atoms. The number of aromatic nitrogens is 1. The van der Waals surface area contributed by atoms with Crippen LogP contribution >= 0.6 is 0 Å². The highest BCUT2D eigenvalue weighted by molar-refractivity contribution is 5.92. The van der Waals surface area contributed by atoms with Gasteiger partial charge in [0.2, 0.25) is 0 Å². The lowest BCUT2D eigenvalue weighted by Gasteiger charge is -2.33. The number of carbonyl (C=O) groups is 1.